The molecule has 2 rings (SSSR count). The molecule has 0 saturated heterocycles. The lowest BCUT2D eigenvalue weighted by Gasteiger charge is -2.15. The molecule has 2 aromatic rings. The summed E-state index contributed by atoms with van der Waals surface area (Å²) in [5.74, 6) is -0.600. The SMILES string of the molecule is CCCCCCCCCCc1ccc([C@H](C)NC(=O)c2cc([N+](=O)[O-])cc([N+](=O)[O-])c2)cc1. The van der Waals surface area contributed by atoms with Crippen LogP contribution < -0.4 is 5.32 Å². The topological polar surface area (TPSA) is 115 Å². The Morgan fingerprint density at radius 2 is 1.36 bits per heavy atom. The maximum absolute atomic E-state index is 12.6. The molecule has 2 aromatic carbocycles. The molecule has 8 heteroatoms. The molecule has 0 aliphatic heterocycles. The third kappa shape index (κ3) is 8.63. The maximum atomic E-state index is 12.6. The summed E-state index contributed by atoms with van der Waals surface area (Å²) in [6, 6.07) is 10.6. The molecule has 0 heterocycles. The highest BCUT2D eigenvalue weighted by atomic mass is 16.6. The van der Waals surface area contributed by atoms with Crippen molar-refractivity contribution >= 4 is 17.3 Å². The molecule has 0 fully saturated rings. The second-order valence-corrected chi connectivity index (χ2v) is 8.41. The van der Waals surface area contributed by atoms with Gasteiger partial charge in [0.05, 0.1) is 27.5 Å². The van der Waals surface area contributed by atoms with Gasteiger partial charge in [0, 0.05) is 12.1 Å². The van der Waals surface area contributed by atoms with E-state index in [0.29, 0.717) is 0 Å². The number of rotatable bonds is 14. The van der Waals surface area contributed by atoms with E-state index < -0.39 is 27.1 Å². The minimum absolute atomic E-state index is 0.117. The number of non-ortho nitro benzene ring substituents is 2. The van der Waals surface area contributed by atoms with Crippen LogP contribution in [0.4, 0.5) is 11.4 Å². The van der Waals surface area contributed by atoms with E-state index in [-0.39, 0.29) is 11.6 Å². The van der Waals surface area contributed by atoms with Crippen LogP contribution in [0.3, 0.4) is 0 Å². The van der Waals surface area contributed by atoms with Gasteiger partial charge in [0.2, 0.25) is 0 Å². The zero-order chi connectivity index (χ0) is 24.2. The molecule has 33 heavy (non-hydrogen) atoms. The summed E-state index contributed by atoms with van der Waals surface area (Å²) < 4.78 is 0. The molecule has 0 unspecified atom stereocenters. The lowest BCUT2D eigenvalue weighted by atomic mass is 10.0. The van der Waals surface area contributed by atoms with Gasteiger partial charge < -0.3 is 5.32 Å². The molecule has 0 bridgehead atoms. The van der Waals surface area contributed by atoms with Crippen LogP contribution in [0.5, 0.6) is 0 Å². The van der Waals surface area contributed by atoms with Crippen molar-refractivity contribution < 1.29 is 14.6 Å². The van der Waals surface area contributed by atoms with Crippen LogP contribution in [0.25, 0.3) is 0 Å². The maximum Gasteiger partial charge on any atom is 0.277 e. The molecule has 0 spiro atoms. The Morgan fingerprint density at radius 1 is 0.848 bits per heavy atom. The third-order valence-electron chi connectivity index (χ3n) is 5.73. The van der Waals surface area contributed by atoms with Gasteiger partial charge in [-0.15, -0.1) is 0 Å². The van der Waals surface area contributed by atoms with Gasteiger partial charge in [-0.1, -0.05) is 76.1 Å². The molecule has 8 nitrogen and oxygen atoms in total. The number of nitro benzene ring substituents is 2. The summed E-state index contributed by atoms with van der Waals surface area (Å²) in [5.41, 5.74) is 1.04. The van der Waals surface area contributed by atoms with Crippen LogP contribution in [0.2, 0.25) is 0 Å². The highest BCUT2D eigenvalue weighted by Gasteiger charge is 2.21. The molecule has 0 radical (unpaired) electrons. The normalized spacial score (nSPS) is 11.7. The van der Waals surface area contributed by atoms with Crippen LogP contribution >= 0.6 is 0 Å². The van der Waals surface area contributed by atoms with Crippen LogP contribution in [0, 0.1) is 20.2 Å². The molecule has 178 valence electrons. The van der Waals surface area contributed by atoms with Gasteiger partial charge in [-0.05, 0) is 30.9 Å². The number of carbonyl (C=O) groups excluding carboxylic acids is 1. The number of nitro groups is 2. The largest absolute Gasteiger partial charge is 0.346 e. The second-order valence-electron chi connectivity index (χ2n) is 8.41. The highest BCUT2D eigenvalue weighted by molar-refractivity contribution is 5.95. The van der Waals surface area contributed by atoms with Crippen molar-refractivity contribution in [1.29, 1.82) is 0 Å². The zero-order valence-electron chi connectivity index (χ0n) is 19.4. The Labute approximate surface area is 194 Å². The number of amides is 1. The number of hydrogen-bond donors (Lipinski definition) is 1. The fraction of sp³-hybridized carbons (Fsp3) is 0.480. The van der Waals surface area contributed by atoms with Crippen LogP contribution in [-0.4, -0.2) is 15.8 Å². The molecule has 0 aromatic heterocycles. The quantitative estimate of drug-likeness (QED) is 0.194. The van der Waals surface area contributed by atoms with Crippen molar-refractivity contribution in [2.45, 2.75) is 77.7 Å². The summed E-state index contributed by atoms with van der Waals surface area (Å²) in [4.78, 5) is 33.2. The van der Waals surface area contributed by atoms with Crippen molar-refractivity contribution in [3.63, 3.8) is 0 Å². The fourth-order valence-corrected chi connectivity index (χ4v) is 3.74. The third-order valence-corrected chi connectivity index (χ3v) is 5.73. The Hall–Kier alpha value is -3.29. The molecule has 1 amide bonds. The van der Waals surface area contributed by atoms with E-state index >= 15 is 0 Å². The van der Waals surface area contributed by atoms with Crippen molar-refractivity contribution in [2.75, 3.05) is 0 Å². The van der Waals surface area contributed by atoms with E-state index in [9.17, 15) is 25.0 Å². The molecule has 0 aliphatic rings. The van der Waals surface area contributed by atoms with Crippen molar-refractivity contribution in [3.8, 4) is 0 Å². The number of nitrogens with one attached hydrogen (secondary N) is 1. The van der Waals surface area contributed by atoms with E-state index in [0.717, 1.165) is 36.6 Å². The number of aryl methyl sites for hydroxylation is 1. The lowest BCUT2D eigenvalue weighted by Crippen LogP contribution is -2.26. The second kappa shape index (κ2) is 13.3. The van der Waals surface area contributed by atoms with Crippen LogP contribution in [0.15, 0.2) is 42.5 Å². The molecule has 1 N–H and O–H groups in total. The van der Waals surface area contributed by atoms with Gasteiger partial charge in [0.15, 0.2) is 0 Å². The van der Waals surface area contributed by atoms with Crippen LogP contribution in [0.1, 0.15) is 92.7 Å². The minimum atomic E-state index is -0.752. The van der Waals surface area contributed by atoms with Gasteiger partial charge in [0.1, 0.15) is 0 Å². The zero-order valence-corrected chi connectivity index (χ0v) is 19.4. The first-order valence-corrected chi connectivity index (χ1v) is 11.7. The van der Waals surface area contributed by atoms with Gasteiger partial charge in [-0.2, -0.15) is 0 Å². The summed E-state index contributed by atoms with van der Waals surface area (Å²) in [6.07, 6.45) is 11.3. The number of nitrogens with zero attached hydrogens (tertiary/aromatic N) is 2. The number of unbranched alkanes of at least 4 members (excludes halogenated alkanes) is 7. The van der Waals surface area contributed by atoms with Gasteiger partial charge >= 0.3 is 0 Å². The Balaban J connectivity index is 1.88. The van der Waals surface area contributed by atoms with E-state index in [4.69, 9.17) is 0 Å². The predicted molar refractivity (Wildman–Crippen MR) is 128 cm³/mol. The van der Waals surface area contributed by atoms with Gasteiger partial charge in [-0.25, -0.2) is 0 Å². The molecule has 1 atom stereocenters. The van der Waals surface area contributed by atoms with E-state index in [1.807, 2.05) is 12.1 Å². The number of carbonyl (C=O) groups is 1. The van der Waals surface area contributed by atoms with E-state index in [1.54, 1.807) is 6.92 Å². The fourth-order valence-electron chi connectivity index (χ4n) is 3.74. The summed E-state index contributed by atoms with van der Waals surface area (Å²) in [5, 5.41) is 24.8. The predicted octanol–water partition coefficient (Wildman–Crippen LogP) is 6.68. The van der Waals surface area contributed by atoms with Crippen LogP contribution in [-0.2, 0) is 6.42 Å². The first-order chi connectivity index (χ1) is 15.8. The molecular formula is C25H33N3O5. The summed E-state index contributed by atoms with van der Waals surface area (Å²) >= 11 is 0. The molecule has 0 aliphatic carbocycles. The lowest BCUT2D eigenvalue weighted by molar-refractivity contribution is -0.394. The van der Waals surface area contributed by atoms with E-state index in [2.05, 4.69) is 24.4 Å². The summed E-state index contributed by atoms with van der Waals surface area (Å²) in [6.45, 7) is 4.03. The Morgan fingerprint density at radius 3 is 1.88 bits per heavy atom. The van der Waals surface area contributed by atoms with Gasteiger partial charge in [0.25, 0.3) is 17.3 Å². The van der Waals surface area contributed by atoms with E-state index in [1.165, 1.54) is 50.5 Å². The number of hydrogen-bond acceptors (Lipinski definition) is 5. The molecular weight excluding hydrogens is 422 g/mol. The smallest absolute Gasteiger partial charge is 0.277 e. The first-order valence-electron chi connectivity index (χ1n) is 11.7. The first kappa shape index (κ1) is 26.0. The Bertz CT molecular complexity index is 911. The monoisotopic (exact) mass is 455 g/mol. The van der Waals surface area contributed by atoms with Crippen molar-refractivity contribution in [2.24, 2.45) is 0 Å². The van der Waals surface area contributed by atoms with Crippen molar-refractivity contribution in [1.82, 2.24) is 5.32 Å². The number of benzene rings is 2. The summed E-state index contributed by atoms with van der Waals surface area (Å²) in [7, 11) is 0. The minimum Gasteiger partial charge on any atom is -0.346 e. The van der Waals surface area contributed by atoms with Gasteiger partial charge in [-0.3, -0.25) is 25.0 Å². The highest BCUT2D eigenvalue weighted by Crippen LogP contribution is 2.23. The Kier molecular flexibility index (Phi) is 10.5. The standard InChI is InChI=1S/C25H33N3O5/c1-3-4-5-6-7-8-9-10-11-20-12-14-21(15-13-20)19(2)26-25(29)22-16-23(27(30)31)18-24(17-22)28(32)33/h12-19H,3-11H2,1-2H3,(H,26,29)/t19-/m0/s1. The average molecular weight is 456 g/mol. The van der Waals surface area contributed by atoms with Crippen molar-refractivity contribution in [3.05, 3.63) is 79.4 Å². The average Bonchev–Trinajstić information content (AvgIpc) is 2.80. The molecule has 0 saturated carbocycles.